The van der Waals surface area contributed by atoms with Gasteiger partial charge >= 0.3 is 0 Å². The van der Waals surface area contributed by atoms with Crippen LogP contribution in [0, 0.1) is 0 Å². The van der Waals surface area contributed by atoms with E-state index in [1.165, 1.54) is 6.33 Å². The highest BCUT2D eigenvalue weighted by atomic mass is 16.5. The van der Waals surface area contributed by atoms with Gasteiger partial charge in [-0.3, -0.25) is 4.79 Å². The Labute approximate surface area is 141 Å². The maximum absolute atomic E-state index is 12.6. The molecule has 0 fully saturated rings. The Kier molecular flexibility index (Phi) is 4.69. The normalized spacial score (nSPS) is 17.8. The van der Waals surface area contributed by atoms with Crippen molar-refractivity contribution in [2.24, 2.45) is 0 Å². The Morgan fingerprint density at radius 1 is 1.46 bits per heavy atom. The summed E-state index contributed by atoms with van der Waals surface area (Å²) >= 11 is 0. The number of likely N-dealkylation sites (N-methyl/N-ethyl adjacent to an activating group) is 2. The summed E-state index contributed by atoms with van der Waals surface area (Å²) in [6.07, 6.45) is 2.93. The Bertz CT molecular complexity index is 688. The van der Waals surface area contributed by atoms with Crippen LogP contribution in [0.1, 0.15) is 19.9 Å². The van der Waals surface area contributed by atoms with Crippen LogP contribution in [0.3, 0.4) is 0 Å². The number of rotatable bonds is 5. The lowest BCUT2D eigenvalue weighted by Crippen LogP contribution is -2.47. The molecule has 0 saturated heterocycles. The summed E-state index contributed by atoms with van der Waals surface area (Å²) in [7, 11) is 1.80. The highest BCUT2D eigenvalue weighted by Crippen LogP contribution is 2.32. The van der Waals surface area contributed by atoms with Gasteiger partial charge in [0.15, 0.2) is 0 Å². The maximum Gasteiger partial charge on any atom is 0.247 e. The fraction of sp³-hybridized carbons (Fsp3) is 0.471. The largest absolute Gasteiger partial charge is 0.485 e. The minimum absolute atomic E-state index is 0.00833. The van der Waals surface area contributed by atoms with E-state index in [2.05, 4.69) is 28.0 Å². The first-order valence-electron chi connectivity index (χ1n) is 8.20. The number of benzene rings is 1. The van der Waals surface area contributed by atoms with Crippen molar-refractivity contribution in [1.82, 2.24) is 19.7 Å². The molecule has 1 aromatic carbocycles. The van der Waals surface area contributed by atoms with Crippen LogP contribution in [-0.4, -0.2) is 58.4 Å². The fourth-order valence-corrected chi connectivity index (χ4v) is 3.02. The number of hydrogen-bond donors (Lipinski definition) is 0. The maximum atomic E-state index is 12.6. The standard InChI is InChI=1S/C17H23N5O2/c1-4-21-10-14(24-16-8-6-5-7-15(16)21)9-20(3)17(23)13(2)22-12-18-11-19-22/h5-8,11-14H,4,9-10H2,1-3H3/t13-,14+/m1/s1. The van der Waals surface area contributed by atoms with Crippen LogP contribution in [0.2, 0.25) is 0 Å². The van der Waals surface area contributed by atoms with Crippen LogP contribution >= 0.6 is 0 Å². The highest BCUT2D eigenvalue weighted by molar-refractivity contribution is 5.79. The van der Waals surface area contributed by atoms with Crippen LogP contribution in [0.4, 0.5) is 5.69 Å². The molecule has 0 unspecified atom stereocenters. The number of ether oxygens (including phenoxy) is 1. The van der Waals surface area contributed by atoms with Gasteiger partial charge in [-0.15, -0.1) is 0 Å². The lowest BCUT2D eigenvalue weighted by Gasteiger charge is -2.37. The van der Waals surface area contributed by atoms with Crippen LogP contribution in [0.25, 0.3) is 0 Å². The number of carbonyl (C=O) groups excluding carboxylic acids is 1. The second-order valence-electron chi connectivity index (χ2n) is 6.02. The Morgan fingerprint density at radius 3 is 2.96 bits per heavy atom. The fourth-order valence-electron chi connectivity index (χ4n) is 3.02. The Morgan fingerprint density at radius 2 is 2.25 bits per heavy atom. The molecule has 1 aromatic heterocycles. The molecular formula is C17H23N5O2. The van der Waals surface area contributed by atoms with E-state index < -0.39 is 0 Å². The number of para-hydroxylation sites is 2. The molecule has 0 aliphatic carbocycles. The zero-order valence-electron chi connectivity index (χ0n) is 14.3. The van der Waals surface area contributed by atoms with E-state index in [9.17, 15) is 4.79 Å². The first-order valence-corrected chi connectivity index (χ1v) is 8.20. The van der Waals surface area contributed by atoms with E-state index in [4.69, 9.17) is 4.74 Å². The van der Waals surface area contributed by atoms with Crippen LogP contribution in [0.5, 0.6) is 5.75 Å². The van der Waals surface area contributed by atoms with Gasteiger partial charge in [0.2, 0.25) is 5.91 Å². The summed E-state index contributed by atoms with van der Waals surface area (Å²) in [6.45, 7) is 6.15. The van der Waals surface area contributed by atoms with Gasteiger partial charge in [0.25, 0.3) is 0 Å². The minimum Gasteiger partial charge on any atom is -0.485 e. The van der Waals surface area contributed by atoms with Crippen molar-refractivity contribution in [3.63, 3.8) is 0 Å². The van der Waals surface area contributed by atoms with Gasteiger partial charge in [-0.2, -0.15) is 5.10 Å². The third-order valence-corrected chi connectivity index (χ3v) is 4.35. The molecular weight excluding hydrogens is 306 g/mol. The molecule has 1 aliphatic rings. The Hall–Kier alpha value is -2.57. The number of nitrogens with zero attached hydrogens (tertiary/aromatic N) is 5. The van der Waals surface area contributed by atoms with Gasteiger partial charge in [0.1, 0.15) is 30.5 Å². The summed E-state index contributed by atoms with van der Waals surface area (Å²) in [5, 5.41) is 4.04. The van der Waals surface area contributed by atoms with E-state index in [0.717, 1.165) is 24.5 Å². The van der Waals surface area contributed by atoms with Crippen molar-refractivity contribution < 1.29 is 9.53 Å². The molecule has 0 N–H and O–H groups in total. The van der Waals surface area contributed by atoms with Crippen LogP contribution in [0.15, 0.2) is 36.9 Å². The second kappa shape index (κ2) is 6.90. The third-order valence-electron chi connectivity index (χ3n) is 4.35. The molecule has 7 heteroatoms. The lowest BCUT2D eigenvalue weighted by molar-refractivity contribution is -0.134. The average Bonchev–Trinajstić information content (AvgIpc) is 3.14. The van der Waals surface area contributed by atoms with E-state index in [0.29, 0.717) is 6.54 Å². The molecule has 2 atom stereocenters. The molecule has 1 aliphatic heterocycles. The number of anilines is 1. The summed E-state index contributed by atoms with van der Waals surface area (Å²) in [5.41, 5.74) is 1.11. The van der Waals surface area contributed by atoms with E-state index >= 15 is 0 Å². The predicted molar refractivity (Wildman–Crippen MR) is 91.1 cm³/mol. The smallest absolute Gasteiger partial charge is 0.247 e. The van der Waals surface area contributed by atoms with Crippen molar-refractivity contribution in [3.8, 4) is 5.75 Å². The second-order valence-corrected chi connectivity index (χ2v) is 6.02. The van der Waals surface area contributed by atoms with E-state index in [1.807, 2.05) is 25.1 Å². The molecule has 0 bridgehead atoms. The number of amides is 1. The number of fused-ring (bicyclic) bond motifs is 1. The quantitative estimate of drug-likeness (QED) is 0.833. The molecule has 128 valence electrons. The first-order chi connectivity index (χ1) is 11.6. The predicted octanol–water partition coefficient (Wildman–Crippen LogP) is 1.59. The molecule has 24 heavy (non-hydrogen) atoms. The zero-order valence-corrected chi connectivity index (χ0v) is 14.3. The summed E-state index contributed by atoms with van der Waals surface area (Å²) in [5.74, 6) is 0.867. The van der Waals surface area contributed by atoms with Gasteiger partial charge in [-0.05, 0) is 26.0 Å². The summed E-state index contributed by atoms with van der Waals surface area (Å²) in [4.78, 5) is 20.5. The minimum atomic E-state index is -0.379. The first kappa shape index (κ1) is 16.3. The molecule has 1 amide bonds. The number of carbonyl (C=O) groups is 1. The van der Waals surface area contributed by atoms with Gasteiger partial charge in [-0.1, -0.05) is 12.1 Å². The van der Waals surface area contributed by atoms with Gasteiger partial charge in [0.05, 0.1) is 18.8 Å². The molecule has 7 nitrogen and oxygen atoms in total. The molecule has 0 radical (unpaired) electrons. The number of hydrogen-bond acceptors (Lipinski definition) is 5. The Balaban J connectivity index is 1.67. The van der Waals surface area contributed by atoms with Gasteiger partial charge < -0.3 is 14.5 Å². The van der Waals surface area contributed by atoms with Crippen molar-refractivity contribution in [3.05, 3.63) is 36.9 Å². The van der Waals surface area contributed by atoms with E-state index in [1.54, 1.807) is 23.0 Å². The monoisotopic (exact) mass is 329 g/mol. The number of aromatic nitrogens is 3. The van der Waals surface area contributed by atoms with Crippen molar-refractivity contribution in [2.75, 3.05) is 31.6 Å². The van der Waals surface area contributed by atoms with Crippen molar-refractivity contribution in [2.45, 2.75) is 26.0 Å². The molecule has 0 spiro atoms. The van der Waals surface area contributed by atoms with E-state index in [-0.39, 0.29) is 18.1 Å². The topological polar surface area (TPSA) is 63.5 Å². The molecule has 0 saturated carbocycles. The third kappa shape index (κ3) is 3.20. The van der Waals surface area contributed by atoms with Gasteiger partial charge in [0, 0.05) is 13.6 Å². The highest BCUT2D eigenvalue weighted by Gasteiger charge is 2.28. The SMILES string of the molecule is CCN1C[C@H](CN(C)C(=O)[C@@H](C)n2cncn2)Oc2ccccc21. The molecule has 3 rings (SSSR count). The van der Waals surface area contributed by atoms with Crippen LogP contribution in [-0.2, 0) is 4.79 Å². The molecule has 2 heterocycles. The summed E-state index contributed by atoms with van der Waals surface area (Å²) in [6, 6.07) is 7.65. The lowest BCUT2D eigenvalue weighted by atomic mass is 10.1. The van der Waals surface area contributed by atoms with Gasteiger partial charge in [-0.25, -0.2) is 9.67 Å². The van der Waals surface area contributed by atoms with Crippen molar-refractivity contribution >= 4 is 11.6 Å². The average molecular weight is 329 g/mol. The summed E-state index contributed by atoms with van der Waals surface area (Å²) < 4.78 is 7.65. The van der Waals surface area contributed by atoms with Crippen molar-refractivity contribution in [1.29, 1.82) is 0 Å². The zero-order chi connectivity index (χ0) is 17.1. The van der Waals surface area contributed by atoms with Crippen LogP contribution < -0.4 is 9.64 Å². The molecule has 2 aromatic rings.